The lowest BCUT2D eigenvalue weighted by atomic mass is 10.1. The van der Waals surface area contributed by atoms with Crippen LogP contribution < -0.4 is 5.32 Å². The molecular formula is C15H22BrNO. The Morgan fingerprint density at radius 2 is 1.83 bits per heavy atom. The van der Waals surface area contributed by atoms with E-state index in [0.29, 0.717) is 6.10 Å². The minimum Gasteiger partial charge on any atom is -0.382 e. The molecule has 18 heavy (non-hydrogen) atoms. The summed E-state index contributed by atoms with van der Waals surface area (Å²) in [6.07, 6.45) is 8.42. The molecule has 0 aromatic heterocycles. The van der Waals surface area contributed by atoms with E-state index in [2.05, 4.69) is 33.4 Å². The van der Waals surface area contributed by atoms with Gasteiger partial charge in [-0.05, 0) is 40.9 Å². The summed E-state index contributed by atoms with van der Waals surface area (Å²) in [4.78, 5) is 0. The molecule has 1 aliphatic rings. The lowest BCUT2D eigenvalue weighted by Gasteiger charge is -2.16. The third-order valence-electron chi connectivity index (χ3n) is 3.45. The second kappa shape index (κ2) is 7.80. The predicted octanol–water partition coefficient (Wildman–Crippen LogP) is 4.60. The lowest BCUT2D eigenvalue weighted by Crippen LogP contribution is -2.17. The van der Waals surface area contributed by atoms with Gasteiger partial charge in [-0.25, -0.2) is 0 Å². The highest BCUT2D eigenvalue weighted by atomic mass is 79.9. The van der Waals surface area contributed by atoms with Crippen molar-refractivity contribution in [1.29, 1.82) is 0 Å². The zero-order valence-electron chi connectivity index (χ0n) is 10.8. The Balaban J connectivity index is 1.65. The Morgan fingerprint density at radius 3 is 2.56 bits per heavy atom. The van der Waals surface area contributed by atoms with Crippen molar-refractivity contribution in [3.05, 3.63) is 28.7 Å². The Labute approximate surface area is 118 Å². The number of benzene rings is 1. The van der Waals surface area contributed by atoms with Crippen LogP contribution in [0, 0.1) is 0 Å². The molecule has 0 radical (unpaired) electrons. The number of anilines is 1. The van der Waals surface area contributed by atoms with Crippen LogP contribution in [0.15, 0.2) is 28.7 Å². The highest BCUT2D eigenvalue weighted by molar-refractivity contribution is 9.10. The molecule has 1 fully saturated rings. The Morgan fingerprint density at radius 1 is 1.11 bits per heavy atom. The fraction of sp³-hybridized carbons (Fsp3) is 0.600. The van der Waals surface area contributed by atoms with E-state index >= 15 is 0 Å². The minimum absolute atomic E-state index is 0.494. The van der Waals surface area contributed by atoms with Gasteiger partial charge in [-0.1, -0.05) is 37.8 Å². The van der Waals surface area contributed by atoms with Crippen LogP contribution in [-0.2, 0) is 4.74 Å². The molecule has 0 amide bonds. The Bertz CT molecular complexity index is 348. The molecule has 1 aromatic rings. The fourth-order valence-electron chi connectivity index (χ4n) is 2.42. The first kappa shape index (κ1) is 13.9. The van der Waals surface area contributed by atoms with Crippen LogP contribution in [0.4, 0.5) is 5.69 Å². The van der Waals surface area contributed by atoms with Crippen molar-refractivity contribution in [2.75, 3.05) is 18.5 Å². The number of nitrogens with one attached hydrogen (secondary N) is 1. The summed E-state index contributed by atoms with van der Waals surface area (Å²) in [5, 5.41) is 3.40. The third-order valence-corrected chi connectivity index (χ3v) is 4.14. The second-order valence-electron chi connectivity index (χ2n) is 4.89. The lowest BCUT2D eigenvalue weighted by molar-refractivity contribution is 0.0501. The van der Waals surface area contributed by atoms with E-state index in [1.807, 2.05) is 12.1 Å². The van der Waals surface area contributed by atoms with Crippen molar-refractivity contribution < 1.29 is 4.74 Å². The van der Waals surface area contributed by atoms with Crippen molar-refractivity contribution >= 4 is 21.6 Å². The van der Waals surface area contributed by atoms with Crippen LogP contribution in [0.3, 0.4) is 0 Å². The maximum absolute atomic E-state index is 5.95. The molecule has 0 unspecified atom stereocenters. The summed E-state index contributed by atoms with van der Waals surface area (Å²) < 4.78 is 7.06. The number of hydrogen-bond acceptors (Lipinski definition) is 2. The molecule has 0 bridgehead atoms. The molecule has 0 saturated heterocycles. The Hall–Kier alpha value is -0.540. The van der Waals surface area contributed by atoms with Crippen LogP contribution in [0.25, 0.3) is 0 Å². The monoisotopic (exact) mass is 311 g/mol. The van der Waals surface area contributed by atoms with Gasteiger partial charge in [-0.2, -0.15) is 0 Å². The van der Waals surface area contributed by atoms with Crippen molar-refractivity contribution in [1.82, 2.24) is 0 Å². The summed E-state index contributed by atoms with van der Waals surface area (Å²) in [6, 6.07) is 8.20. The molecule has 2 rings (SSSR count). The molecule has 2 nitrogen and oxygen atoms in total. The molecule has 0 heterocycles. The van der Waals surface area contributed by atoms with Gasteiger partial charge in [-0.3, -0.25) is 0 Å². The van der Waals surface area contributed by atoms with Crippen molar-refractivity contribution in [3.63, 3.8) is 0 Å². The first-order chi connectivity index (χ1) is 8.86. The second-order valence-corrected chi connectivity index (χ2v) is 5.75. The van der Waals surface area contributed by atoms with Crippen LogP contribution in [-0.4, -0.2) is 19.3 Å². The molecule has 100 valence electrons. The van der Waals surface area contributed by atoms with Crippen molar-refractivity contribution in [2.45, 2.75) is 44.6 Å². The topological polar surface area (TPSA) is 21.3 Å². The van der Waals surface area contributed by atoms with Crippen molar-refractivity contribution in [2.24, 2.45) is 0 Å². The smallest absolute Gasteiger partial charge is 0.0642 e. The van der Waals surface area contributed by atoms with E-state index in [1.54, 1.807) is 0 Å². The van der Waals surface area contributed by atoms with E-state index in [9.17, 15) is 0 Å². The van der Waals surface area contributed by atoms with Crippen LogP contribution in [0.2, 0.25) is 0 Å². The average molecular weight is 312 g/mol. The maximum Gasteiger partial charge on any atom is 0.0642 e. The van der Waals surface area contributed by atoms with Gasteiger partial charge in [0.15, 0.2) is 0 Å². The molecular weight excluding hydrogens is 290 g/mol. The molecule has 1 saturated carbocycles. The Kier molecular flexibility index (Phi) is 6.01. The maximum atomic E-state index is 5.95. The van der Waals surface area contributed by atoms with Crippen LogP contribution in [0.1, 0.15) is 38.5 Å². The normalized spacial score (nSPS) is 17.4. The minimum atomic E-state index is 0.494. The zero-order chi connectivity index (χ0) is 12.6. The van der Waals surface area contributed by atoms with Crippen molar-refractivity contribution in [3.8, 4) is 0 Å². The van der Waals surface area contributed by atoms with Crippen LogP contribution in [0.5, 0.6) is 0 Å². The van der Waals surface area contributed by atoms with Gasteiger partial charge in [0.2, 0.25) is 0 Å². The van der Waals surface area contributed by atoms with Gasteiger partial charge < -0.3 is 10.1 Å². The number of ether oxygens (including phenoxy) is 1. The van der Waals surface area contributed by atoms with Gasteiger partial charge in [-0.15, -0.1) is 0 Å². The van der Waals surface area contributed by atoms with Gasteiger partial charge in [0.25, 0.3) is 0 Å². The third kappa shape index (κ3) is 4.62. The van der Waals surface area contributed by atoms with E-state index in [-0.39, 0.29) is 0 Å². The van der Waals surface area contributed by atoms with Gasteiger partial charge in [0.05, 0.1) is 12.7 Å². The summed E-state index contributed by atoms with van der Waals surface area (Å²) in [7, 11) is 0. The molecule has 3 heteroatoms. The molecule has 1 N–H and O–H groups in total. The number of rotatable bonds is 5. The molecule has 0 spiro atoms. The SMILES string of the molecule is Brc1ccccc1NCCOC1CCCCCC1. The standard InChI is InChI=1S/C15H22BrNO/c16-14-9-5-6-10-15(14)17-11-12-18-13-7-3-1-2-4-8-13/h5-6,9-10,13,17H,1-4,7-8,11-12H2. The van der Waals surface area contributed by atoms with E-state index in [4.69, 9.17) is 4.74 Å². The van der Waals surface area contributed by atoms with Crippen LogP contribution >= 0.6 is 15.9 Å². The van der Waals surface area contributed by atoms with Gasteiger partial charge in [0.1, 0.15) is 0 Å². The number of hydrogen-bond donors (Lipinski definition) is 1. The average Bonchev–Trinajstić information content (AvgIpc) is 2.65. The van der Waals surface area contributed by atoms with Gasteiger partial charge in [0, 0.05) is 16.7 Å². The predicted molar refractivity (Wildman–Crippen MR) is 80.1 cm³/mol. The molecule has 0 aliphatic heterocycles. The summed E-state index contributed by atoms with van der Waals surface area (Å²) in [6.45, 7) is 1.67. The highest BCUT2D eigenvalue weighted by Crippen LogP contribution is 2.21. The quantitative estimate of drug-likeness (QED) is 0.634. The molecule has 0 atom stereocenters. The molecule has 1 aliphatic carbocycles. The highest BCUT2D eigenvalue weighted by Gasteiger charge is 2.11. The first-order valence-corrected chi connectivity index (χ1v) is 7.75. The summed E-state index contributed by atoms with van der Waals surface area (Å²) in [5.74, 6) is 0. The van der Waals surface area contributed by atoms with E-state index in [1.165, 1.54) is 38.5 Å². The molecule has 1 aromatic carbocycles. The number of halogens is 1. The summed E-state index contributed by atoms with van der Waals surface area (Å²) >= 11 is 3.53. The summed E-state index contributed by atoms with van der Waals surface area (Å²) in [5.41, 5.74) is 1.14. The zero-order valence-corrected chi connectivity index (χ0v) is 12.4. The van der Waals surface area contributed by atoms with E-state index in [0.717, 1.165) is 23.3 Å². The van der Waals surface area contributed by atoms with Gasteiger partial charge >= 0.3 is 0 Å². The fourth-order valence-corrected chi connectivity index (χ4v) is 2.85. The van der Waals surface area contributed by atoms with E-state index < -0.39 is 0 Å². The first-order valence-electron chi connectivity index (χ1n) is 6.96. The number of para-hydroxylation sites is 1. The largest absolute Gasteiger partial charge is 0.382 e.